The zero-order chi connectivity index (χ0) is 89.6. The molecule has 0 radical (unpaired) electrons. The highest BCUT2D eigenvalue weighted by Crippen LogP contribution is 2.44. The van der Waals surface area contributed by atoms with Gasteiger partial charge in [0.2, 0.25) is 5.75 Å². The number of rotatable bonds is 11. The second-order valence-corrected chi connectivity index (χ2v) is 33.0. The normalized spacial score (nSPS) is 17.0. The van der Waals surface area contributed by atoms with E-state index >= 15 is 4.39 Å². The molecule has 12 heterocycles. The van der Waals surface area contributed by atoms with Gasteiger partial charge in [-0.1, -0.05) is 0 Å². The lowest BCUT2D eigenvalue weighted by Crippen LogP contribution is -2.53. The molecule has 0 saturated carbocycles. The van der Waals surface area contributed by atoms with Crippen LogP contribution in [0.4, 0.5) is 112 Å². The van der Waals surface area contributed by atoms with Crippen LogP contribution < -0.4 is 57.5 Å². The molecular weight excluding hydrogens is 1800 g/mol. The molecule has 0 spiro atoms. The molecule has 4 saturated heterocycles. The van der Waals surface area contributed by atoms with Crippen LogP contribution in [-0.2, 0) is 40.6 Å². The number of nitrogens with zero attached hydrogens (tertiary/aromatic N) is 11. The highest BCUT2D eigenvalue weighted by molar-refractivity contribution is 9.10. The summed E-state index contributed by atoms with van der Waals surface area (Å²) in [4.78, 5) is 55.0. The molecule has 0 unspecified atom stereocenters. The number of aryl methyl sites for hydroxylation is 3. The Morgan fingerprint density at radius 1 is 0.500 bits per heavy atom. The van der Waals surface area contributed by atoms with Crippen LogP contribution in [0.3, 0.4) is 0 Å². The molecule has 46 heteroatoms. The smallest absolute Gasteiger partial charge is 0.398 e. The SMILES string of the molecule is CC1(C)OB(c2ccn[nH]2)OC1(C)C.Cn1c(=O)c(Nc2ccc(N3CCC(O)(C(F)(F)F)CC3)cn2)cc2c(F)c(-c3ccn[nH]3)ccc21.Cn1c(=O)c(Nc2ccc(N3CCC(O)(C(F)(F)F)CC3)cn2)cc2c(F)c(Br)ccc21.Cn1c(=O)c(OS(=O)(=O)C(F)(F)F)cc2c(F)c(Br)ccc21.Nc1ccc(N2CCC(O)(C(F)(F)F)CC2)cn1. The summed E-state index contributed by atoms with van der Waals surface area (Å²) in [6.45, 7) is 8.51. The number of nitrogens with one attached hydrogen (secondary N) is 4. The first-order chi connectivity index (χ1) is 56.8. The van der Waals surface area contributed by atoms with E-state index in [-0.39, 0.29) is 124 Å². The van der Waals surface area contributed by atoms with Gasteiger partial charge in [-0.05, 0) is 163 Å². The van der Waals surface area contributed by atoms with Gasteiger partial charge in [0, 0.05) is 133 Å². The first kappa shape index (κ1) is 92.2. The maximum atomic E-state index is 15.3. The van der Waals surface area contributed by atoms with Gasteiger partial charge in [0.05, 0.1) is 83.6 Å². The number of benzene rings is 3. The van der Waals surface area contributed by atoms with E-state index in [1.807, 2.05) is 33.8 Å². The molecule has 27 nitrogen and oxygen atoms in total. The van der Waals surface area contributed by atoms with E-state index in [2.05, 4.69) is 82.0 Å². The van der Waals surface area contributed by atoms with E-state index in [1.165, 1.54) is 71.3 Å². The summed E-state index contributed by atoms with van der Waals surface area (Å²) in [6.07, 6.45) is -8.61. The van der Waals surface area contributed by atoms with Crippen molar-refractivity contribution in [2.45, 2.75) is 118 Å². The summed E-state index contributed by atoms with van der Waals surface area (Å²) in [5, 5.41) is 48.5. The molecule has 0 amide bonds. The number of nitrogen functional groups attached to an aromatic ring is 1. The van der Waals surface area contributed by atoms with Crippen LogP contribution in [0.1, 0.15) is 66.2 Å². The molecule has 654 valence electrons. The number of anilines is 8. The minimum absolute atomic E-state index is 0.0109. The van der Waals surface area contributed by atoms with Gasteiger partial charge >= 0.3 is 41.3 Å². The molecule has 4 fully saturated rings. The van der Waals surface area contributed by atoms with Crippen molar-refractivity contribution in [3.05, 3.63) is 192 Å². The van der Waals surface area contributed by atoms with Gasteiger partial charge in [-0.2, -0.15) is 71.3 Å². The third-order valence-corrected chi connectivity index (χ3v) is 23.6. The number of aromatic amines is 2. The Hall–Kier alpha value is -10.5. The molecule has 15 rings (SSSR count). The molecule has 0 aliphatic carbocycles. The zero-order valence-electron chi connectivity index (χ0n) is 65.2. The lowest BCUT2D eigenvalue weighted by atomic mass is 9.85. The Labute approximate surface area is 700 Å². The molecule has 3 aromatic carbocycles. The van der Waals surface area contributed by atoms with Crippen molar-refractivity contribution in [2.24, 2.45) is 21.1 Å². The summed E-state index contributed by atoms with van der Waals surface area (Å²) in [7, 11) is -2.13. The van der Waals surface area contributed by atoms with E-state index in [4.69, 9.17) is 15.0 Å². The molecule has 0 atom stereocenters. The third-order valence-electron chi connectivity index (χ3n) is 21.4. The molecule has 122 heavy (non-hydrogen) atoms. The first-order valence-electron chi connectivity index (χ1n) is 36.7. The van der Waals surface area contributed by atoms with Gasteiger partial charge in [-0.15, -0.1) is 0 Å². The number of hydrogen-bond donors (Lipinski definition) is 8. The van der Waals surface area contributed by atoms with E-state index in [9.17, 15) is 99.6 Å². The number of fused-ring (bicyclic) bond motifs is 3. The topological polar surface area (TPSA) is 344 Å². The molecule has 9 N–H and O–H groups in total. The number of pyridine rings is 6. The van der Waals surface area contributed by atoms with E-state index in [0.717, 1.165) is 17.2 Å². The summed E-state index contributed by atoms with van der Waals surface area (Å²) in [6, 6.07) is 25.8. The van der Waals surface area contributed by atoms with Crippen molar-refractivity contribution in [1.29, 1.82) is 0 Å². The second-order valence-electron chi connectivity index (χ2n) is 29.8. The van der Waals surface area contributed by atoms with Crippen molar-refractivity contribution >= 4 is 133 Å². The fraction of sp³-hybridized carbons (Fsp3) is 0.368. The van der Waals surface area contributed by atoms with Crippen LogP contribution in [0.2, 0.25) is 0 Å². The standard InChI is InChI=1S/C24H22F4N6O2.C21H19BrF4N4O2.C11H6BrF4NO4S.C11H14F3N3O.C9H15BN2O2/c1-33-19-4-3-15(17-6-9-30-32-17)21(25)16(19)12-18(22(33)35)31-20-5-2-14(13-29-20)34-10-7-23(36,8-11-34)24(26,27)28;1-29-16-4-3-14(22)18(23)13(16)10-15(19(29)31)28-17-5-2-12(11-27-17)30-8-6-20(32,7-9-30)21(24,25)26;1-17-7-3-2-6(12)9(13)5(7)4-8(10(17)18)21-22(19,20)11(14,15)16;12-11(13,14)10(18)3-5-17(6-4-10)8-1-2-9(15)16-7-8;1-8(2)9(3,4)14-10(13-8)7-5-6-11-12-7/h2-6,9,12-13,36H,7-8,10-11H2,1H3,(H,29,31)(H,30,32);2-5,10-11,32H,6-9H2,1H3,(H,27,28);2-4H,1H3;1-2,7,18H,3-6H2,(H2,15,16);5-6H,1-4H3,(H,11,12). The highest BCUT2D eigenvalue weighted by atomic mass is 79.9. The Morgan fingerprint density at radius 2 is 0.869 bits per heavy atom. The molecular formula is C76H76BBr2F15N16O11S. The maximum absolute atomic E-state index is 15.3. The third kappa shape index (κ3) is 19.6. The summed E-state index contributed by atoms with van der Waals surface area (Å²) < 4.78 is 238. The van der Waals surface area contributed by atoms with Gasteiger partial charge in [-0.25, -0.2) is 28.1 Å². The fourth-order valence-corrected chi connectivity index (χ4v) is 14.4. The van der Waals surface area contributed by atoms with Crippen LogP contribution >= 0.6 is 31.9 Å². The number of alkyl halides is 12. The molecule has 8 aromatic heterocycles. The van der Waals surface area contributed by atoms with E-state index in [1.54, 1.807) is 88.6 Å². The fourth-order valence-electron chi connectivity index (χ4n) is 13.2. The number of halogens is 17. The Balaban J connectivity index is 0.000000155. The number of hydrogen-bond acceptors (Lipinski definition) is 22. The summed E-state index contributed by atoms with van der Waals surface area (Å²) >= 11 is 6.01. The average molecular weight is 1880 g/mol. The van der Waals surface area contributed by atoms with E-state index in [0.29, 0.717) is 62.9 Å². The lowest BCUT2D eigenvalue weighted by molar-refractivity contribution is -0.266. The molecule has 11 aromatic rings. The Morgan fingerprint density at radius 3 is 1.22 bits per heavy atom. The largest absolute Gasteiger partial charge is 0.534 e. The van der Waals surface area contributed by atoms with Crippen LogP contribution in [-0.4, -0.2) is 171 Å². The van der Waals surface area contributed by atoms with Gasteiger partial charge in [0.1, 0.15) is 46.3 Å². The van der Waals surface area contributed by atoms with Gasteiger partial charge in [0.15, 0.2) is 16.8 Å². The van der Waals surface area contributed by atoms with Crippen molar-refractivity contribution in [1.82, 2.24) is 49.0 Å². The van der Waals surface area contributed by atoms with Crippen LogP contribution in [0, 0.1) is 17.5 Å². The monoisotopic (exact) mass is 1870 g/mol. The highest BCUT2D eigenvalue weighted by Gasteiger charge is 2.58. The number of piperidine rings is 3. The molecule has 4 aliphatic heterocycles. The minimum Gasteiger partial charge on any atom is -0.398 e. The first-order valence-corrected chi connectivity index (χ1v) is 39.7. The van der Waals surface area contributed by atoms with Crippen molar-refractivity contribution in [2.75, 3.05) is 70.3 Å². The van der Waals surface area contributed by atoms with Crippen LogP contribution in [0.5, 0.6) is 5.75 Å². The predicted octanol–water partition coefficient (Wildman–Crippen LogP) is 13.5. The lowest BCUT2D eigenvalue weighted by Gasteiger charge is -2.40. The van der Waals surface area contributed by atoms with Crippen molar-refractivity contribution < 1.29 is 103 Å². The van der Waals surface area contributed by atoms with Gasteiger partial charge < -0.3 is 73.6 Å². The Kier molecular flexibility index (Phi) is 26.5. The number of nitrogens with two attached hydrogens (primary N) is 1. The summed E-state index contributed by atoms with van der Waals surface area (Å²) in [5.41, 5.74) is -5.93. The predicted molar refractivity (Wildman–Crippen MR) is 431 cm³/mol. The number of aromatic nitrogens is 10. The van der Waals surface area contributed by atoms with Crippen molar-refractivity contribution in [3.8, 4) is 17.0 Å². The molecule has 4 aliphatic rings. The van der Waals surface area contributed by atoms with Crippen molar-refractivity contribution in [3.63, 3.8) is 0 Å². The van der Waals surface area contributed by atoms with E-state index < -0.39 is 105 Å². The van der Waals surface area contributed by atoms with Gasteiger partial charge in [-0.3, -0.25) is 24.6 Å². The number of aliphatic hydroxyl groups is 3. The Bertz CT molecular complexity index is 5900. The minimum atomic E-state index is -6.03. The number of H-pyrrole nitrogens is 2. The quantitative estimate of drug-likeness (QED) is 0.0258. The van der Waals surface area contributed by atoms with Crippen LogP contribution in [0.25, 0.3) is 44.0 Å². The maximum Gasteiger partial charge on any atom is 0.534 e. The summed E-state index contributed by atoms with van der Waals surface area (Å²) in [5.74, 6) is -2.03. The second kappa shape index (κ2) is 35.0. The van der Waals surface area contributed by atoms with Crippen LogP contribution in [0.15, 0.2) is 157 Å². The zero-order valence-corrected chi connectivity index (χ0v) is 69.2. The molecule has 0 bridgehead atoms. The van der Waals surface area contributed by atoms with Gasteiger partial charge in [0.25, 0.3) is 16.7 Å². The average Bonchev–Trinajstić information content (AvgIpc) is 1.54.